The molecule has 2 aliphatic rings. The third kappa shape index (κ3) is 16.3. The minimum absolute atomic E-state index is 0.0204. The van der Waals surface area contributed by atoms with E-state index in [2.05, 4.69) is 82.7 Å². The molecule has 0 bridgehead atoms. The van der Waals surface area contributed by atoms with Gasteiger partial charge in [0.25, 0.3) is 0 Å². The first-order valence-corrected chi connectivity index (χ1v) is 22.6. The molecule has 6 rings (SSSR count). The van der Waals surface area contributed by atoms with E-state index in [9.17, 15) is 14.4 Å². The normalized spacial score (nSPS) is 17.1. The van der Waals surface area contributed by atoms with Crippen molar-refractivity contribution < 1.29 is 23.9 Å². The molecule has 0 aromatic heterocycles. The fourth-order valence-corrected chi connectivity index (χ4v) is 8.34. The van der Waals surface area contributed by atoms with Gasteiger partial charge in [0, 0.05) is 44.8 Å². The van der Waals surface area contributed by atoms with Gasteiger partial charge in [-0.15, -0.1) is 13.2 Å². The summed E-state index contributed by atoms with van der Waals surface area (Å²) in [6.07, 6.45) is 3.54. The summed E-state index contributed by atoms with van der Waals surface area (Å²) in [5, 5.41) is 6.69. The predicted molar refractivity (Wildman–Crippen MR) is 255 cm³/mol. The Bertz CT molecular complexity index is 1900. The number of rotatable bonds is 16. The van der Waals surface area contributed by atoms with Gasteiger partial charge in [0.05, 0.1) is 6.04 Å². The maximum Gasteiger partial charge on any atom is 0.410 e. The molecule has 5 atom stereocenters. The summed E-state index contributed by atoms with van der Waals surface area (Å²) < 4.78 is 11.3. The van der Waals surface area contributed by atoms with E-state index in [1.807, 2.05) is 114 Å². The highest BCUT2D eigenvalue weighted by molar-refractivity contribution is 5.83. The van der Waals surface area contributed by atoms with Gasteiger partial charge in [-0.3, -0.25) is 4.79 Å². The Morgan fingerprint density at radius 3 is 1.56 bits per heavy atom. The molecule has 63 heavy (non-hydrogen) atoms. The van der Waals surface area contributed by atoms with Crippen molar-refractivity contribution in [1.82, 2.24) is 25.3 Å². The molecule has 4 aromatic carbocycles. The van der Waals surface area contributed by atoms with Crippen LogP contribution in [0.15, 0.2) is 134 Å². The first-order chi connectivity index (χ1) is 30.4. The number of likely N-dealkylation sites (N-methyl/N-ethyl adjacent to an activating group) is 1. The number of likely N-dealkylation sites (tertiary alicyclic amines) is 1. The van der Waals surface area contributed by atoms with Crippen LogP contribution in [0.1, 0.15) is 94.4 Å². The number of ether oxygens (including phenoxy) is 2. The SMILES string of the molecule is C=C.CN[C@H](C(=O)N1CCC[C@H]1CN(C[C@@H](C)c1ccccc1)C(=O)OCc1ccccc1)C(C)(C)C.C[C@H](CN(C[C@@H]1CCCN1)C(=O)OCc1ccccc1)c1ccccc1. The molecule has 0 spiro atoms. The van der Waals surface area contributed by atoms with Gasteiger partial charge in [-0.1, -0.05) is 156 Å². The standard InChI is InChI=1S/C29H41N3O3.C22H28N2O2.C2H4/c1-22(24-15-10-7-11-16-24)19-31(28(34)35-21-23-13-8-6-9-14-23)20-25-17-12-18-32(25)27(33)26(30-5)29(2,3)4;1-18(20-11-6-3-7-12-20)15-24(16-21-13-8-14-23-21)22(25)26-17-19-9-4-2-5-10-19;1-2/h6-11,13-16,22,25-26,30H,12,17-21H2,1-5H3;2-7,9-12,18,21,23H,8,13-17H2,1H3;1-2H2/t22-,25+,26-;18-,21+;/m11./s1. The van der Waals surface area contributed by atoms with Gasteiger partial charge in [0.15, 0.2) is 0 Å². The van der Waals surface area contributed by atoms with Gasteiger partial charge in [0.2, 0.25) is 5.91 Å². The molecule has 2 aliphatic heterocycles. The van der Waals surface area contributed by atoms with Crippen molar-refractivity contribution >= 4 is 18.1 Å². The van der Waals surface area contributed by atoms with Crippen LogP contribution in [0.3, 0.4) is 0 Å². The van der Waals surface area contributed by atoms with E-state index in [1.165, 1.54) is 17.5 Å². The van der Waals surface area contributed by atoms with Crippen LogP contribution >= 0.6 is 0 Å². The Morgan fingerprint density at radius 1 is 0.698 bits per heavy atom. The van der Waals surface area contributed by atoms with Crippen LogP contribution in [-0.4, -0.2) is 97.2 Å². The molecule has 4 aromatic rings. The second kappa shape index (κ2) is 26.2. The first kappa shape index (κ1) is 50.2. The Hall–Kier alpha value is -5.45. The summed E-state index contributed by atoms with van der Waals surface area (Å²) in [5.41, 5.74) is 4.19. The molecule has 2 N–H and O–H groups in total. The van der Waals surface area contributed by atoms with Gasteiger partial charge >= 0.3 is 12.2 Å². The smallest absolute Gasteiger partial charge is 0.410 e. The zero-order chi connectivity index (χ0) is 45.6. The number of benzene rings is 4. The van der Waals surface area contributed by atoms with E-state index < -0.39 is 0 Å². The summed E-state index contributed by atoms with van der Waals surface area (Å²) in [6.45, 7) is 21.2. The van der Waals surface area contributed by atoms with Crippen LogP contribution < -0.4 is 10.6 Å². The van der Waals surface area contributed by atoms with E-state index in [-0.39, 0.29) is 54.0 Å². The quantitative estimate of drug-likeness (QED) is 0.108. The zero-order valence-electron chi connectivity index (χ0n) is 38.7. The lowest BCUT2D eigenvalue weighted by Gasteiger charge is -2.37. The fraction of sp³-hybridized carbons (Fsp3) is 0.453. The Kier molecular flexibility index (Phi) is 20.9. The maximum atomic E-state index is 13.5. The van der Waals surface area contributed by atoms with Crippen LogP contribution in [-0.2, 0) is 27.5 Å². The number of hydrogen-bond acceptors (Lipinski definition) is 7. The van der Waals surface area contributed by atoms with Crippen molar-refractivity contribution in [3.05, 3.63) is 157 Å². The first-order valence-electron chi connectivity index (χ1n) is 22.6. The Morgan fingerprint density at radius 2 is 1.14 bits per heavy atom. The third-order valence-corrected chi connectivity index (χ3v) is 11.7. The molecule has 2 fully saturated rings. The van der Waals surface area contributed by atoms with Crippen molar-refractivity contribution in [2.24, 2.45) is 5.41 Å². The highest BCUT2D eigenvalue weighted by Gasteiger charge is 2.39. The summed E-state index contributed by atoms with van der Waals surface area (Å²) in [4.78, 5) is 45.1. The van der Waals surface area contributed by atoms with E-state index >= 15 is 0 Å². The minimum atomic E-state index is -0.336. The third-order valence-electron chi connectivity index (χ3n) is 11.7. The van der Waals surface area contributed by atoms with Crippen LogP contribution in [0, 0.1) is 5.41 Å². The number of carbonyl (C=O) groups excluding carboxylic acids is 3. The highest BCUT2D eigenvalue weighted by Crippen LogP contribution is 2.27. The van der Waals surface area contributed by atoms with Gasteiger partial charge in [-0.05, 0) is 78.8 Å². The molecule has 2 heterocycles. The number of amides is 3. The lowest BCUT2D eigenvalue weighted by molar-refractivity contribution is -0.137. The molecule has 0 saturated carbocycles. The summed E-state index contributed by atoms with van der Waals surface area (Å²) in [5.74, 6) is 0.517. The van der Waals surface area contributed by atoms with Crippen molar-refractivity contribution in [3.8, 4) is 0 Å². The Labute approximate surface area is 378 Å². The molecule has 10 heteroatoms. The number of nitrogens with zero attached hydrogens (tertiary/aromatic N) is 3. The monoisotopic (exact) mass is 860 g/mol. The van der Waals surface area contributed by atoms with Crippen molar-refractivity contribution in [2.75, 3.05) is 46.3 Å². The molecular weight excluding hydrogens is 787 g/mol. The summed E-state index contributed by atoms with van der Waals surface area (Å²) in [7, 11) is 1.84. The maximum absolute atomic E-state index is 13.5. The lowest BCUT2D eigenvalue weighted by atomic mass is 9.86. The molecule has 340 valence electrons. The van der Waals surface area contributed by atoms with Gasteiger partial charge in [-0.2, -0.15) is 0 Å². The fourth-order valence-electron chi connectivity index (χ4n) is 8.34. The topological polar surface area (TPSA) is 103 Å². The van der Waals surface area contributed by atoms with Crippen LogP contribution in [0.2, 0.25) is 0 Å². The second-order valence-electron chi connectivity index (χ2n) is 17.7. The average Bonchev–Trinajstić information content (AvgIpc) is 4.01. The highest BCUT2D eigenvalue weighted by atomic mass is 16.6. The molecule has 0 aliphatic carbocycles. The van der Waals surface area contributed by atoms with Crippen molar-refractivity contribution in [2.45, 2.75) is 103 Å². The summed E-state index contributed by atoms with van der Waals surface area (Å²) in [6, 6.07) is 40.2. The second-order valence-corrected chi connectivity index (χ2v) is 17.7. The molecule has 3 amide bonds. The van der Waals surface area contributed by atoms with Crippen molar-refractivity contribution in [1.29, 1.82) is 0 Å². The largest absolute Gasteiger partial charge is 0.445 e. The van der Waals surface area contributed by atoms with Crippen LogP contribution in [0.4, 0.5) is 9.59 Å². The van der Waals surface area contributed by atoms with E-state index in [0.717, 1.165) is 43.5 Å². The minimum Gasteiger partial charge on any atom is -0.445 e. The van der Waals surface area contributed by atoms with Gasteiger partial charge in [0.1, 0.15) is 13.2 Å². The number of carbonyl (C=O) groups is 3. The molecular formula is C53H73N5O5. The van der Waals surface area contributed by atoms with Crippen LogP contribution in [0.5, 0.6) is 0 Å². The lowest BCUT2D eigenvalue weighted by Crippen LogP contribution is -2.55. The number of hydrogen-bond donors (Lipinski definition) is 2. The van der Waals surface area contributed by atoms with E-state index in [0.29, 0.717) is 38.8 Å². The summed E-state index contributed by atoms with van der Waals surface area (Å²) >= 11 is 0. The van der Waals surface area contributed by atoms with E-state index in [4.69, 9.17) is 9.47 Å². The average molecular weight is 860 g/mol. The Balaban J connectivity index is 0.000000276. The zero-order valence-corrected chi connectivity index (χ0v) is 38.7. The molecule has 2 saturated heterocycles. The van der Waals surface area contributed by atoms with Gasteiger partial charge in [-0.25, -0.2) is 9.59 Å². The molecule has 0 unspecified atom stereocenters. The van der Waals surface area contributed by atoms with Crippen LogP contribution in [0.25, 0.3) is 0 Å². The molecule has 10 nitrogen and oxygen atoms in total. The van der Waals surface area contributed by atoms with E-state index in [1.54, 1.807) is 4.90 Å². The van der Waals surface area contributed by atoms with Crippen molar-refractivity contribution in [3.63, 3.8) is 0 Å². The predicted octanol–water partition coefficient (Wildman–Crippen LogP) is 10.0. The molecule has 0 radical (unpaired) electrons. The number of nitrogens with one attached hydrogen (secondary N) is 2. The van der Waals surface area contributed by atoms with Gasteiger partial charge < -0.3 is 34.8 Å².